The molecule has 0 saturated heterocycles. The van der Waals surface area contributed by atoms with Crippen molar-refractivity contribution < 1.29 is 14.5 Å². The van der Waals surface area contributed by atoms with Crippen LogP contribution >= 0.6 is 0 Å². The molecule has 1 aromatic rings. The molecule has 1 heterocycles. The topological polar surface area (TPSA) is 93.5 Å². The first-order chi connectivity index (χ1) is 9.56. The minimum Gasteiger partial charge on any atom is -0.381 e. The molecule has 1 aliphatic heterocycles. The average molecular weight is 277 g/mol. The largest absolute Gasteiger partial charge is 0.381 e. The molecule has 1 amide bonds. The van der Waals surface area contributed by atoms with Gasteiger partial charge in [-0.2, -0.15) is 0 Å². The summed E-state index contributed by atoms with van der Waals surface area (Å²) in [4.78, 5) is 22.1. The summed E-state index contributed by atoms with van der Waals surface area (Å²) < 4.78 is 5.19. The zero-order valence-corrected chi connectivity index (χ0v) is 11.0. The molecule has 0 radical (unpaired) electrons. The molecule has 1 aliphatic carbocycles. The molecule has 1 saturated carbocycles. The van der Waals surface area contributed by atoms with E-state index < -0.39 is 4.92 Å². The van der Waals surface area contributed by atoms with E-state index in [0.717, 1.165) is 12.8 Å². The number of nitro groups is 1. The van der Waals surface area contributed by atoms with Crippen molar-refractivity contribution in [3.05, 3.63) is 27.8 Å². The Bertz CT molecular complexity index is 581. The van der Waals surface area contributed by atoms with Crippen LogP contribution in [0.2, 0.25) is 0 Å². The van der Waals surface area contributed by atoms with Gasteiger partial charge in [-0.3, -0.25) is 14.9 Å². The van der Waals surface area contributed by atoms with Crippen LogP contribution < -0.4 is 10.6 Å². The number of fused-ring (bicyclic) bond motifs is 1. The van der Waals surface area contributed by atoms with Crippen LogP contribution in [0.5, 0.6) is 0 Å². The van der Waals surface area contributed by atoms with Crippen molar-refractivity contribution in [2.75, 3.05) is 17.7 Å². The van der Waals surface area contributed by atoms with Gasteiger partial charge in [0.25, 0.3) is 5.69 Å². The van der Waals surface area contributed by atoms with Crippen molar-refractivity contribution in [2.24, 2.45) is 0 Å². The van der Waals surface area contributed by atoms with Crippen LogP contribution in [0.1, 0.15) is 18.4 Å². The number of carbonyl (C=O) groups is 1. The quantitative estimate of drug-likeness (QED) is 0.645. The number of carbonyl (C=O) groups excluding carboxylic acids is 1. The predicted octanol–water partition coefficient (Wildman–Crippen LogP) is 1.68. The minimum atomic E-state index is -0.419. The Morgan fingerprint density at radius 2 is 2.20 bits per heavy atom. The van der Waals surface area contributed by atoms with Crippen molar-refractivity contribution in [1.29, 1.82) is 0 Å². The highest BCUT2D eigenvalue weighted by Crippen LogP contribution is 2.36. The van der Waals surface area contributed by atoms with E-state index in [9.17, 15) is 14.9 Å². The molecule has 1 aromatic carbocycles. The van der Waals surface area contributed by atoms with E-state index in [2.05, 4.69) is 10.6 Å². The van der Waals surface area contributed by atoms with Crippen molar-refractivity contribution in [1.82, 2.24) is 0 Å². The number of nitro benzene ring substituents is 1. The summed E-state index contributed by atoms with van der Waals surface area (Å²) in [6.45, 7) is 0. The molecule has 3 rings (SSSR count). The van der Waals surface area contributed by atoms with Crippen LogP contribution in [0, 0.1) is 10.1 Å². The Balaban J connectivity index is 1.84. The molecular weight excluding hydrogens is 262 g/mol. The lowest BCUT2D eigenvalue weighted by Gasteiger charge is -2.35. The number of hydrogen-bond acceptors (Lipinski definition) is 5. The average Bonchev–Trinajstić information content (AvgIpc) is 2.70. The molecule has 0 atom stereocenters. The predicted molar refractivity (Wildman–Crippen MR) is 72.9 cm³/mol. The number of nitrogens with zero attached hydrogens (tertiary/aromatic N) is 1. The SMILES string of the molecule is COC1CC(Nc2cc3c(cc2[N+](=O)[O-])CC(=O)N3)C1. The van der Waals surface area contributed by atoms with Crippen molar-refractivity contribution >= 4 is 23.0 Å². The van der Waals surface area contributed by atoms with Crippen LogP contribution in [-0.4, -0.2) is 30.1 Å². The Kier molecular flexibility index (Phi) is 3.06. The van der Waals surface area contributed by atoms with Crippen molar-refractivity contribution in [3.63, 3.8) is 0 Å². The summed E-state index contributed by atoms with van der Waals surface area (Å²) >= 11 is 0. The van der Waals surface area contributed by atoms with E-state index in [0.29, 0.717) is 16.9 Å². The number of benzene rings is 1. The number of nitrogens with one attached hydrogen (secondary N) is 2. The molecule has 2 aliphatic rings. The van der Waals surface area contributed by atoms with Crippen LogP contribution in [0.15, 0.2) is 12.1 Å². The Morgan fingerprint density at radius 3 is 2.85 bits per heavy atom. The summed E-state index contributed by atoms with van der Waals surface area (Å²) in [5, 5.41) is 17.0. The fourth-order valence-electron chi connectivity index (χ4n) is 2.62. The molecule has 20 heavy (non-hydrogen) atoms. The van der Waals surface area contributed by atoms with Gasteiger partial charge < -0.3 is 15.4 Å². The van der Waals surface area contributed by atoms with E-state index in [-0.39, 0.29) is 30.2 Å². The molecule has 1 fully saturated rings. The summed E-state index contributed by atoms with van der Waals surface area (Å²) in [5.41, 5.74) is 1.80. The minimum absolute atomic E-state index is 0.0149. The van der Waals surface area contributed by atoms with Crippen LogP contribution in [0.3, 0.4) is 0 Å². The summed E-state index contributed by atoms with van der Waals surface area (Å²) in [5.74, 6) is -0.130. The first-order valence-electron chi connectivity index (χ1n) is 6.47. The lowest BCUT2D eigenvalue weighted by atomic mass is 9.89. The molecule has 7 heteroatoms. The second kappa shape index (κ2) is 4.75. The maximum atomic E-state index is 11.3. The van der Waals surface area contributed by atoms with Gasteiger partial charge in [-0.1, -0.05) is 0 Å². The highest BCUT2D eigenvalue weighted by Gasteiger charge is 2.31. The number of anilines is 2. The Morgan fingerprint density at radius 1 is 1.45 bits per heavy atom. The third kappa shape index (κ3) is 2.20. The number of rotatable bonds is 4. The van der Waals surface area contributed by atoms with Crippen molar-refractivity contribution in [2.45, 2.75) is 31.4 Å². The van der Waals surface area contributed by atoms with Crippen LogP contribution in [0.25, 0.3) is 0 Å². The fraction of sp³-hybridized carbons (Fsp3) is 0.462. The van der Waals surface area contributed by atoms with Crippen molar-refractivity contribution in [3.8, 4) is 0 Å². The maximum absolute atomic E-state index is 11.3. The van der Waals surface area contributed by atoms with E-state index >= 15 is 0 Å². The van der Waals surface area contributed by atoms with Gasteiger partial charge in [0.15, 0.2) is 0 Å². The molecule has 0 aromatic heterocycles. The summed E-state index contributed by atoms with van der Waals surface area (Å²) in [7, 11) is 1.66. The molecule has 0 spiro atoms. The van der Waals surface area contributed by atoms with Gasteiger partial charge in [0.05, 0.1) is 17.4 Å². The molecule has 0 bridgehead atoms. The summed E-state index contributed by atoms with van der Waals surface area (Å²) in [6.07, 6.45) is 2.08. The number of amides is 1. The smallest absolute Gasteiger partial charge is 0.292 e. The first-order valence-corrected chi connectivity index (χ1v) is 6.47. The molecule has 2 N–H and O–H groups in total. The van der Waals surface area contributed by atoms with E-state index in [1.807, 2.05) is 0 Å². The van der Waals surface area contributed by atoms with Gasteiger partial charge >= 0.3 is 0 Å². The highest BCUT2D eigenvalue weighted by atomic mass is 16.6. The fourth-order valence-corrected chi connectivity index (χ4v) is 2.62. The highest BCUT2D eigenvalue weighted by molar-refractivity contribution is 6.00. The van der Waals surface area contributed by atoms with Gasteiger partial charge in [0.1, 0.15) is 5.69 Å². The van der Waals surface area contributed by atoms with Gasteiger partial charge in [0.2, 0.25) is 5.91 Å². The van der Waals surface area contributed by atoms with Crippen LogP contribution in [0.4, 0.5) is 17.1 Å². The van der Waals surface area contributed by atoms with Gasteiger partial charge in [0, 0.05) is 24.9 Å². The molecular formula is C13H15N3O4. The first kappa shape index (κ1) is 12.9. The molecule has 106 valence electrons. The Hall–Kier alpha value is -2.15. The normalized spacial score (nSPS) is 23.8. The standard InChI is InChI=1S/C13H15N3O4/c1-20-9-4-8(5-9)14-11-6-10-7(3-13(17)15-10)2-12(11)16(18)19/h2,6,8-9,14H,3-5H2,1H3,(H,15,17). The Labute approximate surface area is 115 Å². The van der Waals surface area contributed by atoms with E-state index in [4.69, 9.17) is 4.74 Å². The second-order valence-electron chi connectivity index (χ2n) is 5.18. The third-order valence-corrected chi connectivity index (χ3v) is 3.83. The number of ether oxygens (including phenoxy) is 1. The van der Waals surface area contributed by atoms with Crippen LogP contribution in [-0.2, 0) is 16.0 Å². The maximum Gasteiger partial charge on any atom is 0.292 e. The molecule has 0 unspecified atom stereocenters. The van der Waals surface area contributed by atoms with E-state index in [1.54, 1.807) is 13.2 Å². The van der Waals surface area contributed by atoms with E-state index in [1.165, 1.54) is 6.07 Å². The van der Waals surface area contributed by atoms with Gasteiger partial charge in [-0.15, -0.1) is 0 Å². The zero-order valence-electron chi connectivity index (χ0n) is 11.0. The second-order valence-corrected chi connectivity index (χ2v) is 5.18. The number of methoxy groups -OCH3 is 1. The van der Waals surface area contributed by atoms with Gasteiger partial charge in [-0.05, 0) is 24.5 Å². The lowest BCUT2D eigenvalue weighted by molar-refractivity contribution is -0.384. The monoisotopic (exact) mass is 277 g/mol. The zero-order chi connectivity index (χ0) is 14.3. The summed E-state index contributed by atoms with van der Waals surface area (Å²) in [6, 6.07) is 3.30. The third-order valence-electron chi connectivity index (χ3n) is 3.83. The van der Waals surface area contributed by atoms with Gasteiger partial charge in [-0.25, -0.2) is 0 Å². The lowest BCUT2D eigenvalue weighted by Crippen LogP contribution is -2.40. The molecule has 7 nitrogen and oxygen atoms in total. The number of hydrogen-bond donors (Lipinski definition) is 2.